The molecule has 1 saturated heterocycles. The van der Waals surface area contributed by atoms with Crippen molar-refractivity contribution < 1.29 is 27.9 Å². The summed E-state index contributed by atoms with van der Waals surface area (Å²) < 4.78 is 33.6. The van der Waals surface area contributed by atoms with Gasteiger partial charge in [0.25, 0.3) is 0 Å². The minimum absolute atomic E-state index is 0.225. The highest BCUT2D eigenvalue weighted by molar-refractivity contribution is 5.81. The molecule has 1 fully saturated rings. The molecule has 11 heteroatoms. The van der Waals surface area contributed by atoms with Crippen LogP contribution in [0.2, 0.25) is 0 Å². The van der Waals surface area contributed by atoms with Gasteiger partial charge in [0.15, 0.2) is 0 Å². The number of carboxylic acids is 1. The minimum atomic E-state index is -5.08. The van der Waals surface area contributed by atoms with Crippen molar-refractivity contribution in [3.05, 3.63) is 11.9 Å². The molecule has 0 atom stereocenters. The first-order valence-corrected chi connectivity index (χ1v) is 8.84. The van der Waals surface area contributed by atoms with Gasteiger partial charge >= 0.3 is 12.1 Å². The monoisotopic (exact) mass is 407 g/mol. The maximum atomic E-state index is 12.3. The Morgan fingerprint density at radius 2 is 1.61 bits per heavy atom. The number of hydrogen-bond acceptors (Lipinski definition) is 5. The molecule has 8 nitrogen and oxygen atoms in total. The molecular weight excluding hydrogens is 379 g/mol. The minimum Gasteiger partial charge on any atom is -0.475 e. The second kappa shape index (κ2) is 8.46. The van der Waals surface area contributed by atoms with Crippen LogP contribution in [0.3, 0.4) is 0 Å². The van der Waals surface area contributed by atoms with Gasteiger partial charge in [0, 0.05) is 18.5 Å². The molecular formula is C17H28F3N5O3. The Kier molecular flexibility index (Phi) is 7.21. The van der Waals surface area contributed by atoms with E-state index in [9.17, 15) is 18.0 Å². The molecule has 0 saturated carbocycles. The van der Waals surface area contributed by atoms with Gasteiger partial charge in [-0.1, -0.05) is 26.0 Å². The Balaban J connectivity index is 0.000000480. The van der Waals surface area contributed by atoms with E-state index in [-0.39, 0.29) is 11.3 Å². The number of aromatic nitrogens is 3. The maximum absolute atomic E-state index is 12.3. The van der Waals surface area contributed by atoms with E-state index in [0.29, 0.717) is 6.04 Å². The number of nitrogens with zero attached hydrogens (tertiary/aromatic N) is 4. The first kappa shape index (κ1) is 23.9. The van der Waals surface area contributed by atoms with Crippen LogP contribution in [-0.4, -0.2) is 56.1 Å². The number of aliphatic carboxylic acids is 1. The zero-order valence-corrected chi connectivity index (χ0v) is 16.7. The molecule has 1 aliphatic heterocycles. The van der Waals surface area contributed by atoms with Crippen LogP contribution >= 0.6 is 0 Å². The summed E-state index contributed by atoms with van der Waals surface area (Å²) >= 11 is 0. The summed E-state index contributed by atoms with van der Waals surface area (Å²) in [4.78, 5) is 23.1. The van der Waals surface area contributed by atoms with E-state index < -0.39 is 17.7 Å². The van der Waals surface area contributed by atoms with E-state index in [1.165, 1.54) is 0 Å². The van der Waals surface area contributed by atoms with Crippen molar-refractivity contribution >= 4 is 11.9 Å². The van der Waals surface area contributed by atoms with Crippen molar-refractivity contribution in [2.24, 2.45) is 11.1 Å². The van der Waals surface area contributed by atoms with Crippen LogP contribution < -0.4 is 5.73 Å². The summed E-state index contributed by atoms with van der Waals surface area (Å²) in [5.41, 5.74) is 6.06. The van der Waals surface area contributed by atoms with Crippen LogP contribution in [0.15, 0.2) is 6.20 Å². The van der Waals surface area contributed by atoms with Crippen molar-refractivity contribution in [2.75, 3.05) is 13.1 Å². The van der Waals surface area contributed by atoms with Gasteiger partial charge in [-0.25, -0.2) is 9.48 Å². The molecule has 160 valence electrons. The van der Waals surface area contributed by atoms with E-state index in [1.807, 2.05) is 50.4 Å². The Morgan fingerprint density at radius 1 is 1.14 bits per heavy atom. The number of rotatable bonds is 2. The molecule has 3 N–H and O–H groups in total. The zero-order chi connectivity index (χ0) is 21.9. The van der Waals surface area contributed by atoms with Crippen LogP contribution in [-0.2, 0) is 15.1 Å². The third-order valence-corrected chi connectivity index (χ3v) is 4.18. The fourth-order valence-corrected chi connectivity index (χ4v) is 2.56. The lowest BCUT2D eigenvalue weighted by atomic mass is 9.93. The number of nitrogens with two attached hydrogens (primary N) is 1. The zero-order valence-electron chi connectivity index (χ0n) is 16.7. The Labute approximate surface area is 161 Å². The predicted octanol–water partition coefficient (Wildman–Crippen LogP) is 2.31. The lowest BCUT2D eigenvalue weighted by Crippen LogP contribution is -2.44. The highest BCUT2D eigenvalue weighted by Gasteiger charge is 2.38. The molecule has 1 aromatic rings. The molecule has 0 spiro atoms. The van der Waals surface area contributed by atoms with Crippen LogP contribution in [0.5, 0.6) is 0 Å². The number of carbonyl (C=O) groups excluding carboxylic acids is 1. The van der Waals surface area contributed by atoms with Gasteiger partial charge in [-0.15, -0.1) is 5.10 Å². The first-order valence-electron chi connectivity index (χ1n) is 8.84. The molecule has 0 aromatic carbocycles. The lowest BCUT2D eigenvalue weighted by molar-refractivity contribution is -0.192. The van der Waals surface area contributed by atoms with Gasteiger partial charge in [0.1, 0.15) is 5.69 Å². The third-order valence-electron chi connectivity index (χ3n) is 4.18. The Morgan fingerprint density at radius 3 is 1.93 bits per heavy atom. The van der Waals surface area contributed by atoms with Crippen molar-refractivity contribution in [2.45, 2.75) is 65.2 Å². The number of piperidine rings is 1. The summed E-state index contributed by atoms with van der Waals surface area (Å²) in [6.07, 6.45) is -1.32. The van der Waals surface area contributed by atoms with Gasteiger partial charge in [0.05, 0.1) is 17.8 Å². The number of halogens is 3. The average Bonchev–Trinajstić information content (AvgIpc) is 3.03. The van der Waals surface area contributed by atoms with E-state index in [0.717, 1.165) is 31.6 Å². The quantitative estimate of drug-likeness (QED) is 0.778. The van der Waals surface area contributed by atoms with Crippen LogP contribution in [0.25, 0.3) is 0 Å². The average molecular weight is 407 g/mol. The van der Waals surface area contributed by atoms with Gasteiger partial charge in [0.2, 0.25) is 5.91 Å². The van der Waals surface area contributed by atoms with Crippen LogP contribution in [0, 0.1) is 5.41 Å². The van der Waals surface area contributed by atoms with Crippen LogP contribution in [0.1, 0.15) is 59.2 Å². The predicted molar refractivity (Wildman–Crippen MR) is 95.2 cm³/mol. The number of alkyl halides is 3. The summed E-state index contributed by atoms with van der Waals surface area (Å²) in [6, 6.07) is 0.303. The summed E-state index contributed by atoms with van der Waals surface area (Å²) in [5.74, 6) is -2.53. The van der Waals surface area contributed by atoms with Gasteiger partial charge in [-0.3, -0.25) is 4.79 Å². The first-order chi connectivity index (χ1) is 12.5. The molecule has 1 aromatic heterocycles. The molecule has 0 aliphatic carbocycles. The molecule has 28 heavy (non-hydrogen) atoms. The largest absolute Gasteiger partial charge is 0.490 e. The van der Waals surface area contributed by atoms with Gasteiger partial charge < -0.3 is 15.7 Å². The topological polar surface area (TPSA) is 114 Å². The van der Waals surface area contributed by atoms with Crippen molar-refractivity contribution in [3.8, 4) is 0 Å². The normalized spacial score (nSPS) is 16.4. The number of likely N-dealkylation sites (tertiary alicyclic amines) is 1. The summed E-state index contributed by atoms with van der Waals surface area (Å²) in [7, 11) is 0. The highest BCUT2D eigenvalue weighted by atomic mass is 19.4. The third kappa shape index (κ3) is 6.77. The summed E-state index contributed by atoms with van der Waals surface area (Å²) in [6.45, 7) is 11.3. The second-order valence-electron chi connectivity index (χ2n) is 8.38. The van der Waals surface area contributed by atoms with E-state index in [2.05, 4.69) is 10.3 Å². The molecule has 0 unspecified atom stereocenters. The lowest BCUT2D eigenvalue weighted by Gasteiger charge is -2.35. The molecule has 1 aliphatic rings. The van der Waals surface area contributed by atoms with E-state index in [1.54, 1.807) is 0 Å². The maximum Gasteiger partial charge on any atom is 0.490 e. The SMILES string of the molecule is CC(C)(C)C(=O)N1CCC(n2cc(C(C)(C)N)nn2)CC1.O=C(O)C(F)(F)F. The molecule has 0 radical (unpaired) electrons. The van der Waals surface area contributed by atoms with E-state index in [4.69, 9.17) is 15.6 Å². The Hall–Kier alpha value is -2.17. The fourth-order valence-electron chi connectivity index (χ4n) is 2.56. The highest BCUT2D eigenvalue weighted by Crippen LogP contribution is 2.26. The summed E-state index contributed by atoms with van der Waals surface area (Å²) in [5, 5.41) is 15.5. The van der Waals surface area contributed by atoms with Crippen molar-refractivity contribution in [1.29, 1.82) is 0 Å². The molecule has 2 rings (SSSR count). The Bertz CT molecular complexity index is 681. The number of amides is 1. The van der Waals surface area contributed by atoms with Gasteiger partial charge in [-0.05, 0) is 26.7 Å². The standard InChI is InChI=1S/C15H27N5O.C2HF3O2/c1-14(2,3)13(21)19-8-6-11(7-9-19)20-10-12(17-18-20)15(4,5)16;3-2(4,5)1(6)7/h10-11H,6-9,16H2,1-5H3;(H,6,7). The second-order valence-corrected chi connectivity index (χ2v) is 8.38. The smallest absolute Gasteiger partial charge is 0.475 e. The van der Waals surface area contributed by atoms with Crippen molar-refractivity contribution in [1.82, 2.24) is 19.9 Å². The van der Waals surface area contributed by atoms with Crippen LogP contribution in [0.4, 0.5) is 13.2 Å². The molecule has 2 heterocycles. The number of carboxylic acid groups (broad SMARTS) is 1. The van der Waals surface area contributed by atoms with Gasteiger partial charge in [-0.2, -0.15) is 13.2 Å². The fraction of sp³-hybridized carbons (Fsp3) is 0.765. The number of carbonyl (C=O) groups is 2. The number of hydrogen-bond donors (Lipinski definition) is 2. The molecule has 0 bridgehead atoms. The van der Waals surface area contributed by atoms with Crippen molar-refractivity contribution in [3.63, 3.8) is 0 Å². The van der Waals surface area contributed by atoms with E-state index >= 15 is 0 Å². The molecule has 1 amide bonds.